The molecule has 0 aliphatic heterocycles. The predicted molar refractivity (Wildman–Crippen MR) is 422 cm³/mol. The van der Waals surface area contributed by atoms with E-state index in [0.717, 1.165) is 78.4 Å². The van der Waals surface area contributed by atoms with Crippen LogP contribution in [0.5, 0.6) is 0 Å². The lowest BCUT2D eigenvalue weighted by molar-refractivity contribution is 0.0993. The van der Waals surface area contributed by atoms with Crippen LogP contribution in [0.25, 0.3) is 66.4 Å². The monoisotopic (exact) mass is 1620 g/mol. The third-order valence-electron chi connectivity index (χ3n) is 14.4. The van der Waals surface area contributed by atoms with E-state index in [1.807, 2.05) is 102 Å². The van der Waals surface area contributed by atoms with Gasteiger partial charge in [-0.1, -0.05) is 91.9 Å². The Kier molecular flexibility index (Phi) is 32.0. The number of halogens is 10. The van der Waals surface area contributed by atoms with Gasteiger partial charge in [0, 0.05) is 65.4 Å². The number of aromatic nitrogens is 8. The zero-order valence-electron chi connectivity index (χ0n) is 55.1. The summed E-state index contributed by atoms with van der Waals surface area (Å²) in [5.74, 6) is 0.652. The molecule has 0 saturated carbocycles. The molecule has 0 aliphatic rings. The number of isothiocyanates is 1. The van der Waals surface area contributed by atoms with Gasteiger partial charge in [-0.3, -0.25) is 23.5 Å². The number of aliphatic imine (C=N–C) groups is 1. The molecule has 536 valence electrons. The van der Waals surface area contributed by atoms with E-state index in [9.17, 15) is 36.3 Å². The van der Waals surface area contributed by atoms with Gasteiger partial charge in [0.15, 0.2) is 27.3 Å². The first-order valence-electron chi connectivity index (χ1n) is 31.2. The van der Waals surface area contributed by atoms with Crippen LogP contribution in [0.3, 0.4) is 0 Å². The third-order valence-corrected chi connectivity index (χ3v) is 17.3. The highest BCUT2D eigenvalue weighted by atomic mass is 79.9. The molecule has 4 heterocycles. The Labute approximate surface area is 646 Å². The lowest BCUT2D eigenvalue weighted by Crippen LogP contribution is -2.13. The number of ketones is 3. The van der Waals surface area contributed by atoms with E-state index in [0.29, 0.717) is 48.2 Å². The minimum atomic E-state index is -0.402. The van der Waals surface area contributed by atoms with Gasteiger partial charge in [0.1, 0.15) is 40.7 Å². The number of fused-ring (bicyclic) bond motifs is 2. The zero-order valence-corrected chi connectivity index (χ0v) is 62.2. The van der Waals surface area contributed by atoms with Gasteiger partial charge in [-0.2, -0.15) is 4.99 Å². The van der Waals surface area contributed by atoms with Gasteiger partial charge in [0.25, 0.3) is 0 Å². The normalized spacial score (nSPS) is 10.2. The van der Waals surface area contributed by atoms with E-state index >= 15 is 0 Å². The van der Waals surface area contributed by atoms with E-state index < -0.39 is 5.82 Å². The highest BCUT2D eigenvalue weighted by molar-refractivity contribution is 9.09. The first kappa shape index (κ1) is 81.2. The Morgan fingerprint density at radius 2 is 0.972 bits per heavy atom. The van der Waals surface area contributed by atoms with Crippen molar-refractivity contribution < 1.29 is 36.3 Å². The molecule has 14 aromatic rings. The van der Waals surface area contributed by atoms with Gasteiger partial charge >= 0.3 is 0 Å². The van der Waals surface area contributed by atoms with Crippen molar-refractivity contribution in [3.63, 3.8) is 0 Å². The number of imidazole rings is 4. The van der Waals surface area contributed by atoms with Crippen LogP contribution >= 0.6 is 98.5 Å². The second-order valence-electron chi connectivity index (χ2n) is 21.6. The third kappa shape index (κ3) is 24.8. The van der Waals surface area contributed by atoms with Crippen molar-refractivity contribution in [2.45, 2.75) is 16.8 Å². The summed E-state index contributed by atoms with van der Waals surface area (Å²) in [5, 5.41) is 8.50. The average Bonchev–Trinajstić information content (AvgIpc) is 1.64. The second-order valence-corrected chi connectivity index (χ2v) is 25.2. The summed E-state index contributed by atoms with van der Waals surface area (Å²) in [6.45, 7) is -0.270. The van der Waals surface area contributed by atoms with Gasteiger partial charge in [0.05, 0.1) is 80.6 Å². The first-order valence-corrected chi connectivity index (χ1v) is 35.8. The number of alkyl halides is 2. The lowest BCUT2D eigenvalue weighted by Gasteiger charge is -2.12. The number of benzene rings is 10. The van der Waals surface area contributed by atoms with Crippen LogP contribution in [0, 0.1) is 33.9 Å². The van der Waals surface area contributed by atoms with Crippen molar-refractivity contribution in [1.29, 1.82) is 0 Å². The number of nitrogens with one attached hydrogen (secondary N) is 3. The van der Waals surface area contributed by atoms with Gasteiger partial charge < -0.3 is 20.7 Å². The predicted octanol–water partition coefficient (Wildman–Crippen LogP) is 22.6. The number of carbonyl (C=O) groups excluding carboxylic acids is 3. The highest BCUT2D eigenvalue weighted by Gasteiger charge is 2.17. The van der Waals surface area contributed by atoms with Crippen LogP contribution in [0.4, 0.5) is 27.6 Å². The fourth-order valence-corrected chi connectivity index (χ4v) is 11.3. The van der Waals surface area contributed by atoms with Gasteiger partial charge in [-0.15, -0.1) is 11.6 Å². The molecule has 0 spiro atoms. The molecule has 0 unspecified atom stereocenters. The fourth-order valence-electron chi connectivity index (χ4n) is 9.28. The molecule has 16 nitrogen and oxygen atoms in total. The number of H-pyrrole nitrogens is 3. The lowest BCUT2D eigenvalue weighted by atomic mass is 10.1. The Morgan fingerprint density at radius 1 is 0.557 bits per heavy atom. The van der Waals surface area contributed by atoms with Crippen LogP contribution in [0.1, 0.15) is 42.7 Å². The smallest absolute Gasteiger partial charge is 0.182 e. The second kappa shape index (κ2) is 41.9. The van der Waals surface area contributed by atoms with Crippen molar-refractivity contribution >= 4 is 149 Å². The number of nitrogens with two attached hydrogens (primary N) is 1. The van der Waals surface area contributed by atoms with E-state index in [1.165, 1.54) is 97.1 Å². The minimum Gasteiger partial charge on any atom is -0.341 e. The number of carbonyl (C=O) groups is 3. The maximum absolute atomic E-state index is 13.4. The number of thiocarbonyl (C=S) groups is 1. The number of nitrogens with zero attached hydrogens (tertiary/aromatic N) is 9. The number of hydrogen-bond donors (Lipinski definition) is 4. The molecule has 106 heavy (non-hydrogen) atoms. The highest BCUT2D eigenvalue weighted by Crippen LogP contribution is 2.33. The number of para-hydroxylation sites is 4. The maximum atomic E-state index is 13.4. The van der Waals surface area contributed by atoms with Gasteiger partial charge in [-0.25, -0.2) is 36.9 Å². The molecule has 0 amide bonds. The molecular formula is C77H57BrCl4F5N13O3S3. The molecule has 29 heteroatoms. The van der Waals surface area contributed by atoms with E-state index in [2.05, 4.69) is 82.8 Å². The average molecular weight is 1630 g/mol. The van der Waals surface area contributed by atoms with Crippen molar-refractivity contribution in [1.82, 2.24) is 39.0 Å². The Balaban J connectivity index is 0.000000164. The molecular weight excluding hydrogens is 1570 g/mol. The minimum absolute atomic E-state index is 0.0361. The number of hydrogen-bond acceptors (Lipinski definition) is 12. The summed E-state index contributed by atoms with van der Waals surface area (Å²) in [7, 11) is 0. The number of aromatic amines is 3. The van der Waals surface area contributed by atoms with Crippen LogP contribution in [-0.2, 0) is 11.6 Å². The van der Waals surface area contributed by atoms with Crippen molar-refractivity contribution in [3.05, 3.63) is 343 Å². The SMILES string of the molecule is ClCc1nc2ccccc2[nH]1.Fc1ccc(-c2c[nH]c(=S)n2-c2ccc(Cl)cc2)cc1.Fc1ccc(-c2cnc(SCc3nc4ccccc4[nH]3)n2-c2ccc(Cl)cc2)cc1.NCC(=O)c1ccc(F)cc1.O=C(CBr)c1ccc(F)cc1.S=C=Nc1ccc(Cl)cc1.[N-]=[N+]=NCC(=O)c1ccc(F)cc1. The molecule has 0 bridgehead atoms. The Bertz CT molecular complexity index is 5240. The fraction of sp³-hybridized carbons (Fsp3) is 0.0649. The van der Waals surface area contributed by atoms with E-state index in [-0.39, 0.29) is 59.0 Å². The van der Waals surface area contributed by atoms with Crippen molar-refractivity contribution in [3.8, 4) is 33.9 Å². The van der Waals surface area contributed by atoms with Gasteiger partial charge in [0.2, 0.25) is 0 Å². The summed E-state index contributed by atoms with van der Waals surface area (Å²) in [6, 6.07) is 66.5. The van der Waals surface area contributed by atoms with Gasteiger partial charge in [-0.05, 0) is 248 Å². The van der Waals surface area contributed by atoms with Crippen LogP contribution in [0.15, 0.2) is 270 Å². The van der Waals surface area contributed by atoms with Crippen molar-refractivity contribution in [2.75, 3.05) is 18.4 Å². The van der Waals surface area contributed by atoms with E-state index in [1.54, 1.807) is 72.4 Å². The molecule has 0 fully saturated rings. The Morgan fingerprint density at radius 3 is 1.42 bits per heavy atom. The Hall–Kier alpha value is -10.5. The molecule has 0 saturated heterocycles. The molecule has 14 rings (SSSR count). The van der Waals surface area contributed by atoms with Crippen LogP contribution in [0.2, 0.25) is 15.1 Å². The largest absolute Gasteiger partial charge is 0.341 e. The number of rotatable bonds is 16. The summed E-state index contributed by atoms with van der Waals surface area (Å²) in [4.78, 5) is 62.2. The number of azide groups is 1. The number of thioether (sulfide) groups is 1. The topological polar surface area (TPSA) is 234 Å². The molecule has 0 atom stereocenters. The van der Waals surface area contributed by atoms with Crippen molar-refractivity contribution in [2.24, 2.45) is 15.8 Å². The summed E-state index contributed by atoms with van der Waals surface area (Å²) in [5.41, 5.74) is 24.5. The summed E-state index contributed by atoms with van der Waals surface area (Å²) < 4.78 is 68.0. The standard InChI is InChI=1S/C23H16ClFN4S.C15H10ClFN2S.C8H6BrFO.C8H7ClN2.C8H6FN3O.C8H8FNO.C7H4ClNS/c24-16-7-11-18(12-8-16)29-21(15-5-9-17(25)10-6-15)13-26-23(29)30-14-22-27-19-3-1-2-4-20(19)28-22;16-11-3-7-13(8-4-11)19-14(9-18-15(19)20)10-1-5-12(17)6-2-10;9-5-8(11)6-1-3-7(10)4-2-6;9-5-8-10-6-3-1-2-4-7(6)11-8;9-7-3-1-6(2-4-7)8(13)5-11-12-10;9-7-3-1-6(2-4-7)8(11)5-10;8-6-1-3-7(4-2-6)9-5-10/h1-13H,14H2,(H,27,28);1-9H,(H,18,20);1-4H,5H2;1-4H,5H2,(H,10,11);1-4H,5H2;1-4H,5,10H2;1-4H. The number of Topliss-reactive ketones (excluding diaryl/α,β-unsaturated/α-hetero) is 3. The quantitative estimate of drug-likeness (QED) is 0.00822. The van der Waals surface area contributed by atoms with E-state index in [4.69, 9.17) is 69.9 Å². The van der Waals surface area contributed by atoms with Crippen LogP contribution in [-0.4, -0.2) is 80.0 Å². The first-order chi connectivity index (χ1) is 51.3. The summed E-state index contributed by atoms with van der Waals surface area (Å²) >= 11 is 37.6. The molecule has 10 aromatic carbocycles. The molecule has 5 N–H and O–H groups in total. The molecule has 0 aliphatic carbocycles. The summed E-state index contributed by atoms with van der Waals surface area (Å²) in [6.07, 6.45) is 3.62. The molecule has 4 aromatic heterocycles. The maximum Gasteiger partial charge on any atom is 0.182 e. The molecule has 0 radical (unpaired) electrons. The zero-order chi connectivity index (χ0) is 75.9. The van der Waals surface area contributed by atoms with Crippen LogP contribution < -0.4 is 5.73 Å².